The highest BCUT2D eigenvalue weighted by Gasteiger charge is 2.19. The Morgan fingerprint density at radius 1 is 1.29 bits per heavy atom. The van der Waals surface area contributed by atoms with Crippen molar-refractivity contribution in [2.45, 2.75) is 25.8 Å². The van der Waals surface area contributed by atoms with E-state index in [0.29, 0.717) is 5.56 Å². The van der Waals surface area contributed by atoms with E-state index in [1.165, 1.54) is 0 Å². The zero-order chi connectivity index (χ0) is 14.7. The molecule has 1 aliphatic rings. The Kier molecular flexibility index (Phi) is 4.01. The molecule has 1 saturated heterocycles. The highest BCUT2D eigenvalue weighted by molar-refractivity contribution is 5.95. The highest BCUT2D eigenvalue weighted by atomic mass is 16.1. The van der Waals surface area contributed by atoms with Crippen molar-refractivity contribution in [2.24, 2.45) is 0 Å². The van der Waals surface area contributed by atoms with E-state index in [-0.39, 0.29) is 11.9 Å². The van der Waals surface area contributed by atoms with Gasteiger partial charge in [-0.2, -0.15) is 5.10 Å². The van der Waals surface area contributed by atoms with Gasteiger partial charge in [0.2, 0.25) is 0 Å². The molecule has 0 bridgehead atoms. The second-order valence-electron chi connectivity index (χ2n) is 5.41. The van der Waals surface area contributed by atoms with E-state index in [0.717, 1.165) is 37.3 Å². The summed E-state index contributed by atoms with van der Waals surface area (Å²) >= 11 is 0. The van der Waals surface area contributed by atoms with E-state index in [2.05, 4.69) is 15.7 Å². The summed E-state index contributed by atoms with van der Waals surface area (Å²) in [5.74, 6) is -0.0263. The number of amides is 1. The first kappa shape index (κ1) is 13.8. The molecular weight excluding hydrogens is 264 g/mol. The molecule has 2 N–H and O–H groups in total. The van der Waals surface area contributed by atoms with Crippen LogP contribution in [0.5, 0.6) is 0 Å². The third kappa shape index (κ3) is 3.13. The van der Waals surface area contributed by atoms with Gasteiger partial charge in [0.1, 0.15) is 0 Å². The Balaban J connectivity index is 1.76. The standard InChI is InChI=1S/C16H20N4O/c1-12-15(16(21)18-13-7-9-17-10-8-13)11-20(19-12)14-5-3-2-4-6-14/h2-6,11,13,17H,7-10H2,1H3,(H,18,21). The van der Waals surface area contributed by atoms with Gasteiger partial charge in [-0.05, 0) is 45.0 Å². The molecule has 5 heteroatoms. The molecule has 1 amide bonds. The number of hydrogen-bond donors (Lipinski definition) is 2. The lowest BCUT2D eigenvalue weighted by molar-refractivity contribution is 0.0929. The van der Waals surface area contributed by atoms with Crippen molar-refractivity contribution >= 4 is 5.91 Å². The van der Waals surface area contributed by atoms with Crippen molar-refractivity contribution in [1.29, 1.82) is 0 Å². The first-order valence-electron chi connectivity index (χ1n) is 7.37. The van der Waals surface area contributed by atoms with Crippen LogP contribution in [0.25, 0.3) is 5.69 Å². The molecule has 2 aromatic rings. The van der Waals surface area contributed by atoms with Gasteiger partial charge >= 0.3 is 0 Å². The van der Waals surface area contributed by atoms with Crippen LogP contribution in [0.2, 0.25) is 0 Å². The Morgan fingerprint density at radius 3 is 2.71 bits per heavy atom. The number of aryl methyl sites for hydroxylation is 1. The molecule has 0 spiro atoms. The van der Waals surface area contributed by atoms with Gasteiger partial charge in [-0.3, -0.25) is 4.79 Å². The van der Waals surface area contributed by atoms with E-state index in [1.54, 1.807) is 10.9 Å². The van der Waals surface area contributed by atoms with E-state index in [4.69, 9.17) is 0 Å². The molecule has 0 unspecified atom stereocenters. The molecule has 110 valence electrons. The number of para-hydroxylation sites is 1. The van der Waals surface area contributed by atoms with E-state index < -0.39 is 0 Å². The fourth-order valence-corrected chi connectivity index (χ4v) is 2.63. The molecular formula is C16H20N4O. The van der Waals surface area contributed by atoms with Gasteiger partial charge in [-0.15, -0.1) is 0 Å². The number of rotatable bonds is 3. The van der Waals surface area contributed by atoms with Crippen LogP contribution in [0.4, 0.5) is 0 Å². The summed E-state index contributed by atoms with van der Waals surface area (Å²) in [7, 11) is 0. The zero-order valence-electron chi connectivity index (χ0n) is 12.2. The van der Waals surface area contributed by atoms with Crippen LogP contribution in [-0.2, 0) is 0 Å². The Bertz CT molecular complexity index is 614. The Hall–Kier alpha value is -2.14. The maximum Gasteiger partial charge on any atom is 0.254 e. The number of benzene rings is 1. The molecule has 2 heterocycles. The molecule has 21 heavy (non-hydrogen) atoms. The molecule has 1 aliphatic heterocycles. The number of piperidine rings is 1. The van der Waals surface area contributed by atoms with Gasteiger partial charge in [0.25, 0.3) is 5.91 Å². The van der Waals surface area contributed by atoms with E-state index in [9.17, 15) is 4.79 Å². The fourth-order valence-electron chi connectivity index (χ4n) is 2.63. The Morgan fingerprint density at radius 2 is 2.00 bits per heavy atom. The van der Waals surface area contributed by atoms with Crippen LogP contribution in [-0.4, -0.2) is 34.8 Å². The number of carbonyl (C=O) groups is 1. The predicted octanol–water partition coefficient (Wildman–Crippen LogP) is 1.66. The smallest absolute Gasteiger partial charge is 0.254 e. The lowest BCUT2D eigenvalue weighted by Crippen LogP contribution is -2.42. The van der Waals surface area contributed by atoms with Gasteiger partial charge < -0.3 is 10.6 Å². The van der Waals surface area contributed by atoms with Crippen LogP contribution >= 0.6 is 0 Å². The number of aromatic nitrogens is 2. The molecule has 0 radical (unpaired) electrons. The van der Waals surface area contributed by atoms with Crippen molar-refractivity contribution in [3.8, 4) is 5.69 Å². The third-order valence-corrected chi connectivity index (χ3v) is 3.84. The normalized spacial score (nSPS) is 15.9. The maximum absolute atomic E-state index is 12.4. The third-order valence-electron chi connectivity index (χ3n) is 3.84. The van der Waals surface area contributed by atoms with Crippen molar-refractivity contribution in [3.63, 3.8) is 0 Å². The maximum atomic E-state index is 12.4. The summed E-state index contributed by atoms with van der Waals surface area (Å²) in [6, 6.07) is 10.1. The number of hydrogen-bond acceptors (Lipinski definition) is 3. The van der Waals surface area contributed by atoms with Gasteiger partial charge in [0.05, 0.1) is 16.9 Å². The predicted molar refractivity (Wildman–Crippen MR) is 81.7 cm³/mol. The van der Waals surface area contributed by atoms with Crippen molar-refractivity contribution < 1.29 is 4.79 Å². The minimum absolute atomic E-state index is 0.0263. The molecule has 0 saturated carbocycles. The van der Waals surface area contributed by atoms with E-state index >= 15 is 0 Å². The zero-order valence-corrected chi connectivity index (χ0v) is 12.2. The van der Waals surface area contributed by atoms with E-state index in [1.807, 2.05) is 37.3 Å². The fraction of sp³-hybridized carbons (Fsp3) is 0.375. The van der Waals surface area contributed by atoms with Crippen LogP contribution in [0.15, 0.2) is 36.5 Å². The quantitative estimate of drug-likeness (QED) is 0.901. The van der Waals surface area contributed by atoms with Crippen LogP contribution < -0.4 is 10.6 Å². The molecule has 0 atom stereocenters. The summed E-state index contributed by atoms with van der Waals surface area (Å²) in [4.78, 5) is 12.4. The second kappa shape index (κ2) is 6.10. The minimum atomic E-state index is -0.0263. The second-order valence-corrected chi connectivity index (χ2v) is 5.41. The number of carbonyl (C=O) groups excluding carboxylic acids is 1. The summed E-state index contributed by atoms with van der Waals surface area (Å²) in [5.41, 5.74) is 2.36. The summed E-state index contributed by atoms with van der Waals surface area (Å²) in [5, 5.41) is 10.8. The topological polar surface area (TPSA) is 59.0 Å². The highest BCUT2D eigenvalue weighted by Crippen LogP contribution is 2.12. The van der Waals surface area contributed by atoms with Gasteiger partial charge in [-0.25, -0.2) is 4.68 Å². The summed E-state index contributed by atoms with van der Waals surface area (Å²) in [6.07, 6.45) is 3.77. The summed E-state index contributed by atoms with van der Waals surface area (Å²) < 4.78 is 1.76. The van der Waals surface area contributed by atoms with Gasteiger partial charge in [0.15, 0.2) is 0 Å². The average molecular weight is 284 g/mol. The lowest BCUT2D eigenvalue weighted by atomic mass is 10.1. The molecule has 1 aromatic carbocycles. The van der Waals surface area contributed by atoms with Crippen molar-refractivity contribution in [3.05, 3.63) is 47.8 Å². The van der Waals surface area contributed by atoms with Crippen LogP contribution in [0, 0.1) is 6.92 Å². The first-order chi connectivity index (χ1) is 10.2. The van der Waals surface area contributed by atoms with Crippen LogP contribution in [0.1, 0.15) is 28.9 Å². The van der Waals surface area contributed by atoms with Gasteiger partial charge in [0, 0.05) is 12.2 Å². The number of nitrogens with one attached hydrogen (secondary N) is 2. The molecule has 0 aliphatic carbocycles. The first-order valence-corrected chi connectivity index (χ1v) is 7.37. The molecule has 1 fully saturated rings. The minimum Gasteiger partial charge on any atom is -0.349 e. The number of nitrogens with zero attached hydrogens (tertiary/aromatic N) is 2. The van der Waals surface area contributed by atoms with Gasteiger partial charge in [-0.1, -0.05) is 18.2 Å². The molecule has 5 nitrogen and oxygen atoms in total. The Labute approximate surface area is 124 Å². The molecule has 3 rings (SSSR count). The van der Waals surface area contributed by atoms with Crippen LogP contribution in [0.3, 0.4) is 0 Å². The average Bonchev–Trinajstić information content (AvgIpc) is 2.91. The SMILES string of the molecule is Cc1nn(-c2ccccc2)cc1C(=O)NC1CCNCC1. The molecule has 1 aromatic heterocycles. The van der Waals surface area contributed by atoms with Crippen molar-refractivity contribution in [2.75, 3.05) is 13.1 Å². The monoisotopic (exact) mass is 284 g/mol. The summed E-state index contributed by atoms with van der Waals surface area (Å²) in [6.45, 7) is 3.80. The van der Waals surface area contributed by atoms with Crippen molar-refractivity contribution in [1.82, 2.24) is 20.4 Å². The lowest BCUT2D eigenvalue weighted by Gasteiger charge is -2.23. The largest absolute Gasteiger partial charge is 0.349 e.